The molecule has 0 aliphatic heterocycles. The zero-order chi connectivity index (χ0) is 11.8. The number of alkyl halides is 1. The lowest BCUT2D eigenvalue weighted by Crippen LogP contribution is -2.17. The number of halogens is 1. The zero-order valence-electron chi connectivity index (χ0n) is 9.58. The van der Waals surface area contributed by atoms with Crippen molar-refractivity contribution in [3.63, 3.8) is 0 Å². The van der Waals surface area contributed by atoms with Gasteiger partial charge in [-0.25, -0.2) is 0 Å². The Morgan fingerprint density at radius 1 is 1.24 bits per heavy atom. The Labute approximate surface area is 105 Å². The van der Waals surface area contributed by atoms with Crippen LogP contribution < -0.4 is 0 Å². The van der Waals surface area contributed by atoms with E-state index in [4.69, 9.17) is 11.6 Å². The fourth-order valence-corrected chi connectivity index (χ4v) is 2.96. The van der Waals surface area contributed by atoms with Gasteiger partial charge in [-0.15, -0.1) is 11.6 Å². The fraction of sp³-hybridized carbons (Fsp3) is 0.357. The number of nitrogens with zero attached hydrogens (tertiary/aromatic N) is 1. The van der Waals surface area contributed by atoms with E-state index in [0.29, 0.717) is 0 Å². The Hall–Kier alpha value is -1.28. The lowest BCUT2D eigenvalue weighted by atomic mass is 9.96. The van der Waals surface area contributed by atoms with Crippen molar-refractivity contribution in [2.75, 3.05) is 5.88 Å². The summed E-state index contributed by atoms with van der Waals surface area (Å²) in [5, 5.41) is 1.22. The van der Waals surface area contributed by atoms with Crippen molar-refractivity contribution < 1.29 is 4.79 Å². The van der Waals surface area contributed by atoms with E-state index in [0.717, 1.165) is 18.4 Å². The molecule has 88 valence electrons. The third-order valence-corrected chi connectivity index (χ3v) is 3.77. The largest absolute Gasteiger partial charge is 0.283 e. The van der Waals surface area contributed by atoms with Gasteiger partial charge in [0, 0.05) is 11.1 Å². The van der Waals surface area contributed by atoms with E-state index in [1.54, 1.807) is 0 Å². The van der Waals surface area contributed by atoms with Crippen molar-refractivity contribution in [1.82, 2.24) is 4.57 Å². The predicted octanol–water partition coefficient (Wildman–Crippen LogP) is 3.40. The van der Waals surface area contributed by atoms with E-state index in [1.165, 1.54) is 29.5 Å². The average molecular weight is 248 g/mol. The Kier molecular flexibility index (Phi) is 2.67. The number of aryl methyl sites for hydroxylation is 1. The highest BCUT2D eigenvalue weighted by Crippen LogP contribution is 2.31. The van der Waals surface area contributed by atoms with E-state index in [1.807, 2.05) is 22.8 Å². The molecule has 2 aromatic rings. The molecule has 0 saturated carbocycles. The van der Waals surface area contributed by atoms with Crippen molar-refractivity contribution in [2.45, 2.75) is 25.7 Å². The Morgan fingerprint density at radius 2 is 2.00 bits per heavy atom. The van der Waals surface area contributed by atoms with Gasteiger partial charge in [0.25, 0.3) is 0 Å². The van der Waals surface area contributed by atoms with Gasteiger partial charge in [-0.3, -0.25) is 9.36 Å². The molecule has 1 heterocycles. The summed E-state index contributed by atoms with van der Waals surface area (Å²) in [4.78, 5) is 12.0. The molecule has 1 aliphatic rings. The smallest absolute Gasteiger partial charge is 0.246 e. The van der Waals surface area contributed by atoms with E-state index in [9.17, 15) is 4.79 Å². The Balaban J connectivity index is 2.35. The number of carbonyl (C=O) groups excluding carboxylic acids is 1. The number of carbonyl (C=O) groups is 1. The number of hydrogen-bond acceptors (Lipinski definition) is 1. The quantitative estimate of drug-likeness (QED) is 0.708. The lowest BCUT2D eigenvalue weighted by Gasteiger charge is -2.14. The monoisotopic (exact) mass is 247 g/mol. The first-order valence-electron chi connectivity index (χ1n) is 6.03. The first kappa shape index (κ1) is 10.8. The molecule has 0 fully saturated rings. The highest BCUT2D eigenvalue weighted by atomic mass is 35.5. The molecule has 1 aromatic carbocycles. The van der Waals surface area contributed by atoms with E-state index < -0.39 is 0 Å². The van der Waals surface area contributed by atoms with Crippen molar-refractivity contribution in [2.24, 2.45) is 0 Å². The number of hydrogen-bond donors (Lipinski definition) is 0. The zero-order valence-corrected chi connectivity index (χ0v) is 10.3. The van der Waals surface area contributed by atoms with Crippen LogP contribution in [0.4, 0.5) is 0 Å². The van der Waals surface area contributed by atoms with Crippen LogP contribution in [0.2, 0.25) is 0 Å². The molecule has 0 atom stereocenters. The molecule has 0 radical (unpaired) electrons. The molecule has 0 amide bonds. The number of aromatic nitrogens is 1. The van der Waals surface area contributed by atoms with Gasteiger partial charge in [0.05, 0.1) is 5.52 Å². The summed E-state index contributed by atoms with van der Waals surface area (Å²) in [7, 11) is 0. The number of fused-ring (bicyclic) bond motifs is 3. The SMILES string of the molecule is O=C(CCl)n1c2c(c3ccccc31)CCCC2. The van der Waals surface area contributed by atoms with E-state index in [-0.39, 0.29) is 11.8 Å². The molecule has 1 aliphatic carbocycles. The van der Waals surface area contributed by atoms with Gasteiger partial charge >= 0.3 is 0 Å². The van der Waals surface area contributed by atoms with Gasteiger partial charge in [0.15, 0.2) is 0 Å². The molecule has 0 bridgehead atoms. The average Bonchev–Trinajstić information content (AvgIpc) is 2.72. The van der Waals surface area contributed by atoms with Crippen LogP contribution in [-0.2, 0) is 12.8 Å². The molecule has 3 heteroatoms. The Bertz CT molecular complexity index is 585. The van der Waals surface area contributed by atoms with Gasteiger partial charge in [0.1, 0.15) is 5.88 Å². The third-order valence-electron chi connectivity index (χ3n) is 3.54. The standard InChI is InChI=1S/C14H14ClNO/c15-9-14(17)16-12-7-3-1-5-10(12)11-6-2-4-8-13(11)16/h1,3,5,7H,2,4,6,8-9H2. The Morgan fingerprint density at radius 3 is 2.82 bits per heavy atom. The third kappa shape index (κ3) is 1.59. The molecular formula is C14H14ClNO. The summed E-state index contributed by atoms with van der Waals surface area (Å²) in [6, 6.07) is 8.13. The molecular weight excluding hydrogens is 234 g/mol. The molecule has 0 spiro atoms. The van der Waals surface area contributed by atoms with Crippen LogP contribution in [0.1, 0.15) is 28.9 Å². The predicted molar refractivity (Wildman–Crippen MR) is 69.9 cm³/mol. The summed E-state index contributed by atoms with van der Waals surface area (Å²) in [5.41, 5.74) is 3.55. The van der Waals surface area contributed by atoms with E-state index in [2.05, 4.69) is 6.07 Å². The summed E-state index contributed by atoms with van der Waals surface area (Å²) in [6.45, 7) is 0. The minimum absolute atomic E-state index is 0.00832. The minimum Gasteiger partial charge on any atom is -0.283 e. The van der Waals surface area contributed by atoms with Gasteiger partial charge in [-0.05, 0) is 37.3 Å². The normalized spacial score (nSPS) is 14.9. The first-order chi connectivity index (χ1) is 8.33. The molecule has 0 unspecified atom stereocenters. The molecule has 3 rings (SSSR count). The minimum atomic E-state index is -0.00832. The fourth-order valence-electron chi connectivity index (χ4n) is 2.84. The second kappa shape index (κ2) is 4.19. The van der Waals surface area contributed by atoms with Crippen LogP contribution in [0.3, 0.4) is 0 Å². The van der Waals surface area contributed by atoms with Crippen LogP contribution in [0.25, 0.3) is 10.9 Å². The summed E-state index contributed by atoms with van der Waals surface area (Å²) in [5.74, 6) is 0.0384. The number of rotatable bonds is 1. The second-order valence-corrected chi connectivity index (χ2v) is 4.78. The molecule has 0 saturated heterocycles. The maximum Gasteiger partial charge on any atom is 0.246 e. The van der Waals surface area contributed by atoms with Crippen LogP contribution >= 0.6 is 11.6 Å². The molecule has 17 heavy (non-hydrogen) atoms. The summed E-state index contributed by atoms with van der Waals surface area (Å²) >= 11 is 5.72. The van der Waals surface area contributed by atoms with Crippen molar-refractivity contribution in [3.05, 3.63) is 35.5 Å². The van der Waals surface area contributed by atoms with Gasteiger partial charge in [-0.1, -0.05) is 18.2 Å². The maximum absolute atomic E-state index is 12.0. The topological polar surface area (TPSA) is 22.0 Å². The number of para-hydroxylation sites is 1. The van der Waals surface area contributed by atoms with Crippen molar-refractivity contribution >= 4 is 28.4 Å². The molecule has 1 aromatic heterocycles. The first-order valence-corrected chi connectivity index (χ1v) is 6.56. The van der Waals surface area contributed by atoms with Crippen molar-refractivity contribution in [1.29, 1.82) is 0 Å². The summed E-state index contributed by atoms with van der Waals surface area (Å²) in [6.07, 6.45) is 4.46. The maximum atomic E-state index is 12.0. The van der Waals surface area contributed by atoms with Crippen LogP contribution in [-0.4, -0.2) is 16.4 Å². The lowest BCUT2D eigenvalue weighted by molar-refractivity contribution is 0.0942. The van der Waals surface area contributed by atoms with Gasteiger partial charge in [-0.2, -0.15) is 0 Å². The van der Waals surface area contributed by atoms with Crippen LogP contribution in [0.5, 0.6) is 0 Å². The molecule has 2 nitrogen and oxygen atoms in total. The van der Waals surface area contributed by atoms with Crippen LogP contribution in [0.15, 0.2) is 24.3 Å². The van der Waals surface area contributed by atoms with Crippen LogP contribution in [0, 0.1) is 0 Å². The van der Waals surface area contributed by atoms with Gasteiger partial charge in [0.2, 0.25) is 5.91 Å². The highest BCUT2D eigenvalue weighted by Gasteiger charge is 2.22. The second-order valence-electron chi connectivity index (χ2n) is 4.51. The van der Waals surface area contributed by atoms with E-state index >= 15 is 0 Å². The summed E-state index contributed by atoms with van der Waals surface area (Å²) < 4.78 is 1.83. The number of benzene rings is 1. The molecule has 0 N–H and O–H groups in total. The van der Waals surface area contributed by atoms with Gasteiger partial charge < -0.3 is 0 Å². The highest BCUT2D eigenvalue weighted by molar-refractivity contribution is 6.28. The van der Waals surface area contributed by atoms with Crippen molar-refractivity contribution in [3.8, 4) is 0 Å².